The Morgan fingerprint density at radius 1 is 1.31 bits per heavy atom. The van der Waals surface area contributed by atoms with Crippen molar-refractivity contribution in [3.63, 3.8) is 0 Å². The summed E-state index contributed by atoms with van der Waals surface area (Å²) >= 11 is 0. The van der Waals surface area contributed by atoms with E-state index < -0.39 is 17.9 Å². The van der Waals surface area contributed by atoms with Gasteiger partial charge in [-0.25, -0.2) is 15.6 Å². The van der Waals surface area contributed by atoms with Crippen LogP contribution in [0.1, 0.15) is 0 Å². The molecule has 76 valence electrons. The second kappa shape index (κ2) is 4.75. The molecule has 0 rings (SSSR count). The van der Waals surface area contributed by atoms with E-state index in [0.29, 0.717) is 0 Å². The van der Waals surface area contributed by atoms with Crippen LogP contribution in [0, 0.1) is 0 Å². The van der Waals surface area contributed by atoms with Crippen LogP contribution in [0.3, 0.4) is 0 Å². The largest absolute Gasteiger partial charge is 0.467 e. The minimum atomic E-state index is -1.19. The Labute approximate surface area is 76.1 Å². The number of likely N-dealkylation sites (N-methyl/N-ethyl adjacent to an activating group) is 2. The van der Waals surface area contributed by atoms with Gasteiger partial charge >= 0.3 is 5.97 Å². The van der Waals surface area contributed by atoms with Crippen LogP contribution in [-0.2, 0) is 14.3 Å². The maximum Gasteiger partial charge on any atom is 0.334 e. The third-order valence-electron chi connectivity index (χ3n) is 1.41. The van der Waals surface area contributed by atoms with Gasteiger partial charge in [-0.05, 0) is 0 Å². The molecule has 0 aromatic rings. The smallest absolute Gasteiger partial charge is 0.334 e. The lowest BCUT2D eigenvalue weighted by Crippen LogP contribution is -2.55. The lowest BCUT2D eigenvalue weighted by Gasteiger charge is -2.22. The van der Waals surface area contributed by atoms with Gasteiger partial charge in [-0.1, -0.05) is 0 Å². The summed E-state index contributed by atoms with van der Waals surface area (Å²) in [7, 11) is 3.87. The number of nitrogens with two attached hydrogens (primary N) is 2. The monoisotopic (exact) mass is 190 g/mol. The highest BCUT2D eigenvalue weighted by molar-refractivity contribution is 6.01. The molecule has 4 N–H and O–H groups in total. The fraction of sp³-hybridized carbons (Fsp3) is 0.667. The summed E-state index contributed by atoms with van der Waals surface area (Å²) in [6, 6.07) is -1.19. The van der Waals surface area contributed by atoms with Crippen LogP contribution in [0.4, 0.5) is 0 Å². The second-order valence-electron chi connectivity index (χ2n) is 2.54. The zero-order valence-electron chi connectivity index (χ0n) is 7.85. The third kappa shape index (κ3) is 2.98. The van der Waals surface area contributed by atoms with Crippen LogP contribution in [-0.4, -0.2) is 49.1 Å². The van der Waals surface area contributed by atoms with Gasteiger partial charge < -0.3 is 4.74 Å². The molecule has 0 aliphatic carbocycles. The molecule has 0 fully saturated rings. The van der Waals surface area contributed by atoms with E-state index in [9.17, 15) is 9.59 Å². The maximum absolute atomic E-state index is 11.3. The van der Waals surface area contributed by atoms with Gasteiger partial charge in [-0.3, -0.25) is 15.6 Å². The van der Waals surface area contributed by atoms with Gasteiger partial charge in [-0.15, -0.1) is 0 Å². The molecule has 0 saturated heterocycles. The SMILES string of the molecule is COC(=O)C(C(=O)N(C)N)N(C)N. The quantitative estimate of drug-likeness (QED) is 0.170. The van der Waals surface area contributed by atoms with Crippen molar-refractivity contribution in [2.45, 2.75) is 6.04 Å². The van der Waals surface area contributed by atoms with Crippen molar-refractivity contribution in [1.82, 2.24) is 10.0 Å². The minimum Gasteiger partial charge on any atom is -0.467 e. The number of hydrogen-bond acceptors (Lipinski definition) is 6. The molecule has 0 aromatic carbocycles. The summed E-state index contributed by atoms with van der Waals surface area (Å²) in [6.07, 6.45) is 0. The third-order valence-corrected chi connectivity index (χ3v) is 1.41. The van der Waals surface area contributed by atoms with Gasteiger partial charge in [0.1, 0.15) is 0 Å². The van der Waals surface area contributed by atoms with Crippen LogP contribution in [0.5, 0.6) is 0 Å². The molecule has 1 atom stereocenters. The Kier molecular flexibility index (Phi) is 4.32. The molecule has 7 heteroatoms. The molecule has 1 amide bonds. The van der Waals surface area contributed by atoms with Crippen molar-refractivity contribution in [3.05, 3.63) is 0 Å². The van der Waals surface area contributed by atoms with Crippen LogP contribution < -0.4 is 11.7 Å². The zero-order valence-corrected chi connectivity index (χ0v) is 7.85. The van der Waals surface area contributed by atoms with E-state index in [4.69, 9.17) is 11.7 Å². The van der Waals surface area contributed by atoms with E-state index in [2.05, 4.69) is 4.74 Å². The van der Waals surface area contributed by atoms with Crippen molar-refractivity contribution < 1.29 is 14.3 Å². The van der Waals surface area contributed by atoms with Crippen LogP contribution >= 0.6 is 0 Å². The van der Waals surface area contributed by atoms with Gasteiger partial charge in [-0.2, -0.15) is 0 Å². The molecule has 7 nitrogen and oxygen atoms in total. The van der Waals surface area contributed by atoms with Crippen molar-refractivity contribution in [2.24, 2.45) is 11.7 Å². The number of esters is 1. The molecule has 0 spiro atoms. The Hall–Kier alpha value is -1.18. The van der Waals surface area contributed by atoms with Gasteiger partial charge in [0.25, 0.3) is 5.91 Å². The number of methoxy groups -OCH3 is 1. The number of hydrogen-bond donors (Lipinski definition) is 2. The van der Waals surface area contributed by atoms with E-state index in [-0.39, 0.29) is 0 Å². The number of carbonyl (C=O) groups is 2. The molecular weight excluding hydrogens is 176 g/mol. The highest BCUT2D eigenvalue weighted by Gasteiger charge is 2.31. The Morgan fingerprint density at radius 2 is 1.77 bits per heavy atom. The van der Waals surface area contributed by atoms with E-state index in [1.807, 2.05) is 0 Å². The van der Waals surface area contributed by atoms with E-state index in [1.54, 1.807) is 0 Å². The van der Waals surface area contributed by atoms with Crippen molar-refractivity contribution in [1.29, 1.82) is 0 Å². The highest BCUT2D eigenvalue weighted by Crippen LogP contribution is 1.97. The average molecular weight is 190 g/mol. The first kappa shape index (κ1) is 11.8. The molecule has 0 aliphatic rings. The summed E-state index contributed by atoms with van der Waals surface area (Å²) in [5, 5.41) is 1.72. The molecule has 0 aromatic heterocycles. The first-order valence-corrected chi connectivity index (χ1v) is 3.49. The number of carbonyl (C=O) groups excluding carboxylic acids is 2. The van der Waals surface area contributed by atoms with Gasteiger partial charge in [0.15, 0.2) is 0 Å². The van der Waals surface area contributed by atoms with E-state index in [1.165, 1.54) is 21.2 Å². The summed E-state index contributed by atoms with van der Waals surface area (Å²) in [4.78, 5) is 22.3. The molecule has 0 aliphatic heterocycles. The summed E-state index contributed by atoms with van der Waals surface area (Å²) in [5.74, 6) is 9.07. The minimum absolute atomic E-state index is 0.628. The average Bonchev–Trinajstić information content (AvgIpc) is 2.03. The number of rotatable bonds is 3. The van der Waals surface area contributed by atoms with Gasteiger partial charge in [0.2, 0.25) is 6.04 Å². The van der Waals surface area contributed by atoms with Crippen LogP contribution in [0.15, 0.2) is 0 Å². The topological polar surface area (TPSA) is 102 Å². The standard InChI is InChI=1S/C6H14N4O3/c1-9(7)4(6(12)13-3)5(11)10(2)8/h4H,7-8H2,1-3H3. The fourth-order valence-corrected chi connectivity index (χ4v) is 0.746. The fourth-order valence-electron chi connectivity index (χ4n) is 0.746. The van der Waals surface area contributed by atoms with Crippen LogP contribution in [0.25, 0.3) is 0 Å². The van der Waals surface area contributed by atoms with Crippen molar-refractivity contribution >= 4 is 11.9 Å². The summed E-state index contributed by atoms with van der Waals surface area (Å²) in [5.41, 5.74) is 0. The van der Waals surface area contributed by atoms with E-state index >= 15 is 0 Å². The normalized spacial score (nSPS) is 12.5. The second-order valence-corrected chi connectivity index (χ2v) is 2.54. The molecule has 13 heavy (non-hydrogen) atoms. The first-order chi connectivity index (χ1) is 5.91. The molecule has 1 unspecified atom stereocenters. The Morgan fingerprint density at radius 3 is 2.00 bits per heavy atom. The number of ether oxygens (including phenoxy) is 1. The molecule has 0 saturated carbocycles. The van der Waals surface area contributed by atoms with E-state index in [0.717, 1.165) is 10.0 Å². The highest BCUT2D eigenvalue weighted by atomic mass is 16.5. The predicted octanol–water partition coefficient (Wildman–Crippen LogP) is -2.33. The number of hydrazine groups is 2. The number of nitrogens with zero attached hydrogens (tertiary/aromatic N) is 2. The lowest BCUT2D eigenvalue weighted by molar-refractivity contribution is -0.154. The van der Waals surface area contributed by atoms with Gasteiger partial charge in [0.05, 0.1) is 7.11 Å². The maximum atomic E-state index is 11.3. The van der Waals surface area contributed by atoms with Crippen molar-refractivity contribution in [3.8, 4) is 0 Å². The molecule has 0 radical (unpaired) electrons. The molecule has 0 heterocycles. The Bertz CT molecular complexity index is 204. The summed E-state index contributed by atoms with van der Waals surface area (Å²) in [6.45, 7) is 0. The molecular formula is C6H14N4O3. The number of amides is 1. The summed E-state index contributed by atoms with van der Waals surface area (Å²) < 4.78 is 4.38. The molecule has 0 bridgehead atoms. The van der Waals surface area contributed by atoms with Crippen molar-refractivity contribution in [2.75, 3.05) is 21.2 Å². The van der Waals surface area contributed by atoms with Gasteiger partial charge in [0, 0.05) is 14.1 Å². The zero-order chi connectivity index (χ0) is 10.6. The first-order valence-electron chi connectivity index (χ1n) is 3.49. The Balaban J connectivity index is 4.61. The lowest BCUT2D eigenvalue weighted by atomic mass is 10.2. The van der Waals surface area contributed by atoms with Crippen LogP contribution in [0.2, 0.25) is 0 Å². The predicted molar refractivity (Wildman–Crippen MR) is 44.7 cm³/mol.